The molecular weight excluding hydrogens is 640 g/mol. The predicted molar refractivity (Wildman–Crippen MR) is 201 cm³/mol. The first-order chi connectivity index (χ1) is 24.6. The Morgan fingerprint density at radius 1 is 0.510 bits per heavy atom. The number of hydrogen-bond acceptors (Lipinski definition) is 6. The Hall–Kier alpha value is -4.34. The minimum atomic E-state index is -0.907. The first-order valence-electron chi connectivity index (χ1n) is 18.3. The fourth-order valence-electron chi connectivity index (χ4n) is 6.70. The largest absolute Gasteiger partial charge is 0.491 e. The molecule has 0 aliphatic heterocycles. The van der Waals surface area contributed by atoms with Gasteiger partial charge in [0.25, 0.3) is 0 Å². The van der Waals surface area contributed by atoms with Crippen molar-refractivity contribution in [2.75, 3.05) is 52.5 Å². The van der Waals surface area contributed by atoms with Crippen molar-refractivity contribution in [1.29, 1.82) is 0 Å². The number of carbonyl (C=O) groups excluding carboxylic acids is 2. The standard InChI is InChI=1S/C43H56N2O6/c1-5-44(6-2,30-38(46)32-50-40-23-19-36(20-24-40)27-34-15-11-9-12-16-34)42(48)29-43(49)45(7-3,8-4)31-39(47)33-51-41-25-21-37(22-26-41)28-35-17-13-10-14-18-35/h9-26,38-39,46-47H,5-8,27-33H2,1-4H3/q+2. The average molecular weight is 697 g/mol. The Labute approximate surface area is 304 Å². The molecule has 0 saturated carbocycles. The first-order valence-corrected chi connectivity index (χ1v) is 18.3. The second-order valence-electron chi connectivity index (χ2n) is 13.4. The minimum absolute atomic E-state index is 0.0329. The summed E-state index contributed by atoms with van der Waals surface area (Å²) in [6, 6.07) is 36.1. The molecule has 0 aromatic heterocycles. The second kappa shape index (κ2) is 19.3. The van der Waals surface area contributed by atoms with Crippen molar-refractivity contribution < 1.29 is 38.2 Å². The maximum atomic E-state index is 13.9. The third-order valence-electron chi connectivity index (χ3n) is 10.1. The van der Waals surface area contributed by atoms with E-state index >= 15 is 0 Å². The van der Waals surface area contributed by atoms with Crippen LogP contribution in [0.25, 0.3) is 0 Å². The molecule has 2 unspecified atom stereocenters. The molecule has 2 amide bonds. The maximum absolute atomic E-state index is 13.9. The maximum Gasteiger partial charge on any atom is 0.327 e. The summed E-state index contributed by atoms with van der Waals surface area (Å²) in [5, 5.41) is 22.0. The molecule has 2 atom stereocenters. The second-order valence-corrected chi connectivity index (χ2v) is 13.4. The van der Waals surface area contributed by atoms with Gasteiger partial charge in [-0.1, -0.05) is 84.9 Å². The molecule has 0 spiro atoms. The zero-order valence-electron chi connectivity index (χ0n) is 30.7. The van der Waals surface area contributed by atoms with Gasteiger partial charge in [-0.15, -0.1) is 0 Å². The third-order valence-corrected chi connectivity index (χ3v) is 10.1. The quantitative estimate of drug-likeness (QED) is 0.0845. The van der Waals surface area contributed by atoms with E-state index in [0.717, 1.165) is 24.0 Å². The van der Waals surface area contributed by atoms with E-state index in [1.165, 1.54) is 11.1 Å². The summed E-state index contributed by atoms with van der Waals surface area (Å²) in [5.74, 6) is 0.822. The molecule has 0 aliphatic rings. The van der Waals surface area contributed by atoms with Gasteiger partial charge in [0.05, 0.1) is 26.2 Å². The van der Waals surface area contributed by atoms with Crippen molar-refractivity contribution in [3.8, 4) is 11.5 Å². The molecule has 0 aliphatic carbocycles. The highest BCUT2D eigenvalue weighted by Crippen LogP contribution is 2.21. The molecule has 8 heteroatoms. The fourth-order valence-corrected chi connectivity index (χ4v) is 6.70. The number of rotatable bonds is 20. The number of carbonyl (C=O) groups is 2. The topological polar surface area (TPSA) is 93.1 Å². The van der Waals surface area contributed by atoms with Crippen LogP contribution < -0.4 is 9.47 Å². The zero-order chi connectivity index (χ0) is 36.7. The van der Waals surface area contributed by atoms with Gasteiger partial charge >= 0.3 is 11.8 Å². The highest BCUT2D eigenvalue weighted by Gasteiger charge is 2.43. The van der Waals surface area contributed by atoms with E-state index in [1.54, 1.807) is 0 Å². The van der Waals surface area contributed by atoms with E-state index in [9.17, 15) is 19.8 Å². The van der Waals surface area contributed by atoms with E-state index in [4.69, 9.17) is 9.47 Å². The lowest BCUT2D eigenvalue weighted by atomic mass is 10.1. The summed E-state index contributed by atoms with van der Waals surface area (Å²) < 4.78 is 11.7. The molecule has 4 aromatic carbocycles. The van der Waals surface area contributed by atoms with Crippen LogP contribution in [-0.4, -0.2) is 95.7 Å². The van der Waals surface area contributed by atoms with Crippen LogP contribution in [0.15, 0.2) is 109 Å². The molecule has 2 N–H and O–H groups in total. The van der Waals surface area contributed by atoms with Crippen molar-refractivity contribution in [3.63, 3.8) is 0 Å². The van der Waals surface area contributed by atoms with E-state index in [0.29, 0.717) is 37.7 Å². The van der Waals surface area contributed by atoms with Crippen LogP contribution >= 0.6 is 0 Å². The number of nitrogens with zero attached hydrogens (tertiary/aromatic N) is 2. The predicted octanol–water partition coefficient (Wildman–Crippen LogP) is 6.20. The molecule has 0 bridgehead atoms. The van der Waals surface area contributed by atoms with Crippen LogP contribution in [0.1, 0.15) is 56.4 Å². The van der Waals surface area contributed by atoms with Crippen LogP contribution in [-0.2, 0) is 22.4 Å². The number of amides is 2. The monoisotopic (exact) mass is 696 g/mol. The van der Waals surface area contributed by atoms with Crippen molar-refractivity contribution in [2.24, 2.45) is 0 Å². The summed E-state index contributed by atoms with van der Waals surface area (Å²) in [5.41, 5.74) is 4.78. The van der Waals surface area contributed by atoms with Gasteiger partial charge in [-0.25, -0.2) is 9.59 Å². The fraction of sp³-hybridized carbons (Fsp3) is 0.395. The number of ether oxygens (including phenoxy) is 2. The molecule has 51 heavy (non-hydrogen) atoms. The van der Waals surface area contributed by atoms with E-state index < -0.39 is 12.2 Å². The molecule has 272 valence electrons. The molecule has 0 heterocycles. The highest BCUT2D eigenvalue weighted by atomic mass is 16.5. The van der Waals surface area contributed by atoms with E-state index in [1.807, 2.05) is 113 Å². The molecule has 0 fully saturated rings. The van der Waals surface area contributed by atoms with Crippen LogP contribution in [0.3, 0.4) is 0 Å². The molecule has 4 aromatic rings. The van der Waals surface area contributed by atoms with Gasteiger partial charge in [0.1, 0.15) is 50.0 Å². The summed E-state index contributed by atoms with van der Waals surface area (Å²) in [7, 11) is 0. The van der Waals surface area contributed by atoms with Crippen molar-refractivity contribution in [2.45, 2.75) is 59.2 Å². The Kier molecular flexibility index (Phi) is 14.9. The van der Waals surface area contributed by atoms with E-state index in [2.05, 4.69) is 24.3 Å². The molecule has 0 saturated heterocycles. The lowest BCUT2D eigenvalue weighted by Gasteiger charge is -2.38. The van der Waals surface area contributed by atoms with Gasteiger partial charge in [-0.2, -0.15) is 0 Å². The summed E-state index contributed by atoms with van der Waals surface area (Å²) >= 11 is 0. The lowest BCUT2D eigenvalue weighted by Crippen LogP contribution is -2.61. The van der Waals surface area contributed by atoms with Gasteiger partial charge in [-0.3, -0.25) is 8.97 Å². The normalized spacial score (nSPS) is 13.0. The van der Waals surface area contributed by atoms with Crippen LogP contribution in [0.5, 0.6) is 11.5 Å². The number of benzene rings is 4. The number of aliphatic hydroxyl groups excluding tert-OH is 2. The van der Waals surface area contributed by atoms with Crippen LogP contribution in [0.2, 0.25) is 0 Å². The summed E-state index contributed by atoms with van der Waals surface area (Å²) in [6.07, 6.45) is -0.446. The average Bonchev–Trinajstić information content (AvgIpc) is 3.16. The molecule has 4 rings (SSSR count). The number of quaternary nitrogens is 2. The van der Waals surface area contributed by atoms with Crippen LogP contribution in [0, 0.1) is 0 Å². The minimum Gasteiger partial charge on any atom is -0.491 e. The van der Waals surface area contributed by atoms with E-state index in [-0.39, 0.29) is 53.5 Å². The lowest BCUT2D eigenvalue weighted by molar-refractivity contribution is -0.862. The first kappa shape index (κ1) is 39.4. The number of likely N-dealkylation sites (N-methyl/N-ethyl adjacent to an activating group) is 2. The molecule has 8 nitrogen and oxygen atoms in total. The summed E-state index contributed by atoms with van der Waals surface area (Å²) in [6.45, 7) is 9.72. The van der Waals surface area contributed by atoms with Crippen molar-refractivity contribution >= 4 is 11.8 Å². The molecular formula is C43H56N2O6+2. The zero-order valence-corrected chi connectivity index (χ0v) is 30.7. The molecule has 0 radical (unpaired) electrons. The smallest absolute Gasteiger partial charge is 0.327 e. The van der Waals surface area contributed by atoms with Gasteiger partial charge in [0.15, 0.2) is 6.42 Å². The number of aliphatic hydroxyl groups is 2. The van der Waals surface area contributed by atoms with Gasteiger partial charge in [-0.05, 0) is 87.1 Å². The third kappa shape index (κ3) is 11.3. The Morgan fingerprint density at radius 3 is 1.14 bits per heavy atom. The summed E-state index contributed by atoms with van der Waals surface area (Å²) in [4.78, 5) is 27.7. The van der Waals surface area contributed by atoms with Crippen molar-refractivity contribution in [3.05, 3.63) is 131 Å². The van der Waals surface area contributed by atoms with Gasteiger partial charge in [0.2, 0.25) is 0 Å². The van der Waals surface area contributed by atoms with Gasteiger partial charge < -0.3 is 19.7 Å². The number of hydrogen-bond donors (Lipinski definition) is 2. The van der Waals surface area contributed by atoms with Crippen molar-refractivity contribution in [1.82, 2.24) is 0 Å². The Balaban J connectivity index is 1.29. The Bertz CT molecular complexity index is 1500. The highest BCUT2D eigenvalue weighted by molar-refractivity contribution is 5.90. The SMILES string of the molecule is CC[N+](CC)(CC(O)COc1ccc(Cc2ccccc2)cc1)C(=O)CC(=O)[N+](CC)(CC)CC(O)COc1ccc(Cc2ccccc2)cc1. The van der Waals surface area contributed by atoms with Gasteiger partial charge in [0, 0.05) is 0 Å². The van der Waals surface area contributed by atoms with Crippen LogP contribution in [0.4, 0.5) is 0 Å². The Morgan fingerprint density at radius 2 is 0.824 bits per heavy atom.